The van der Waals surface area contributed by atoms with Crippen LogP contribution in [0.15, 0.2) is 66.2 Å². The zero-order chi connectivity index (χ0) is 26.3. The van der Waals surface area contributed by atoms with E-state index in [1.165, 1.54) is 43.4 Å². The van der Waals surface area contributed by atoms with E-state index < -0.39 is 28.4 Å². The van der Waals surface area contributed by atoms with E-state index in [-0.39, 0.29) is 23.6 Å². The summed E-state index contributed by atoms with van der Waals surface area (Å²) in [5.74, 6) is -0.588. The Morgan fingerprint density at radius 1 is 0.973 bits per heavy atom. The lowest BCUT2D eigenvalue weighted by molar-refractivity contribution is -0.384. The zero-order valence-corrected chi connectivity index (χ0v) is 19.7. The van der Waals surface area contributed by atoms with Crippen molar-refractivity contribution in [3.63, 3.8) is 0 Å². The first-order valence-corrected chi connectivity index (χ1v) is 11.0. The number of methoxy groups -OCH3 is 2. The third-order valence-corrected chi connectivity index (χ3v) is 6.15. The van der Waals surface area contributed by atoms with Crippen LogP contribution in [0.2, 0.25) is 0 Å². The first kappa shape index (κ1) is 23.7. The number of Topliss-reactive ketones (excluding diaryl/α,β-unsaturated/α-hetero) is 1. The van der Waals surface area contributed by atoms with Crippen LogP contribution in [-0.2, 0) is 9.59 Å². The Bertz CT molecular complexity index is 1460. The third kappa shape index (κ3) is 3.96. The molecule has 5 rings (SSSR count). The van der Waals surface area contributed by atoms with Crippen molar-refractivity contribution >= 4 is 28.8 Å². The highest BCUT2D eigenvalue weighted by molar-refractivity contribution is 6.51. The lowest BCUT2D eigenvalue weighted by Crippen LogP contribution is -2.29. The van der Waals surface area contributed by atoms with Crippen molar-refractivity contribution in [3.8, 4) is 23.0 Å². The third-order valence-electron chi connectivity index (χ3n) is 6.15. The first-order valence-electron chi connectivity index (χ1n) is 11.0. The van der Waals surface area contributed by atoms with Crippen LogP contribution in [0.25, 0.3) is 5.76 Å². The lowest BCUT2D eigenvalue weighted by Gasteiger charge is -2.26. The Kier molecular flexibility index (Phi) is 5.88. The maximum absolute atomic E-state index is 13.4. The summed E-state index contributed by atoms with van der Waals surface area (Å²) in [6.45, 7) is 0.0247. The van der Waals surface area contributed by atoms with Gasteiger partial charge in [-0.2, -0.15) is 0 Å². The number of aliphatic hydroxyl groups excluding tert-OH is 1. The van der Waals surface area contributed by atoms with Gasteiger partial charge in [0.05, 0.1) is 30.8 Å². The predicted octanol–water partition coefficient (Wildman–Crippen LogP) is 3.97. The standard InChI is InChI=1S/C26H20N2O9/c1-34-18-9-5-15(11-20(18)35-2)23-22(24(29)14-3-6-16(7-4-14)28(32)33)25(30)26(31)27(23)17-8-10-19-21(12-17)37-13-36-19/h3-12,23,29H,13H2,1-2H3/b24-22+. The largest absolute Gasteiger partial charge is 0.507 e. The molecule has 3 aromatic rings. The topological polar surface area (TPSA) is 138 Å². The second-order valence-electron chi connectivity index (χ2n) is 8.13. The van der Waals surface area contributed by atoms with Gasteiger partial charge in [0.1, 0.15) is 5.76 Å². The summed E-state index contributed by atoms with van der Waals surface area (Å²) >= 11 is 0. The summed E-state index contributed by atoms with van der Waals surface area (Å²) in [7, 11) is 2.93. The number of fused-ring (bicyclic) bond motifs is 1. The highest BCUT2D eigenvalue weighted by Gasteiger charge is 2.47. The number of non-ortho nitro benzene ring substituents is 1. The Labute approximate surface area is 210 Å². The van der Waals surface area contributed by atoms with Crippen LogP contribution in [0.5, 0.6) is 23.0 Å². The summed E-state index contributed by atoms with van der Waals surface area (Å²) in [6.07, 6.45) is 0. The smallest absolute Gasteiger partial charge is 0.300 e. The number of nitro groups is 1. The molecule has 3 aromatic carbocycles. The Morgan fingerprint density at radius 3 is 2.35 bits per heavy atom. The average molecular weight is 504 g/mol. The van der Waals surface area contributed by atoms with Crippen molar-refractivity contribution in [2.24, 2.45) is 0 Å². The van der Waals surface area contributed by atoms with E-state index in [4.69, 9.17) is 18.9 Å². The van der Waals surface area contributed by atoms with Gasteiger partial charge in [-0.25, -0.2) is 0 Å². The number of nitro benzene ring substituents is 1. The SMILES string of the molecule is COc1ccc(C2/C(=C(\O)c3ccc([N+](=O)[O-])cc3)C(=O)C(=O)N2c2ccc3c(c2)OCO3)cc1OC. The first-order chi connectivity index (χ1) is 17.8. The Morgan fingerprint density at radius 2 is 1.68 bits per heavy atom. The number of nitrogens with zero attached hydrogens (tertiary/aromatic N) is 2. The van der Waals surface area contributed by atoms with E-state index in [1.807, 2.05) is 0 Å². The molecule has 11 heteroatoms. The number of carbonyl (C=O) groups is 2. The van der Waals surface area contributed by atoms with Crippen molar-refractivity contribution in [2.75, 3.05) is 25.9 Å². The molecule has 0 saturated carbocycles. The van der Waals surface area contributed by atoms with Crippen LogP contribution < -0.4 is 23.8 Å². The number of carbonyl (C=O) groups excluding carboxylic acids is 2. The molecule has 2 heterocycles. The van der Waals surface area contributed by atoms with Crippen LogP contribution in [0, 0.1) is 10.1 Å². The van der Waals surface area contributed by atoms with Crippen LogP contribution in [0.1, 0.15) is 17.2 Å². The van der Waals surface area contributed by atoms with Gasteiger partial charge in [0, 0.05) is 29.4 Å². The molecule has 0 spiro atoms. The van der Waals surface area contributed by atoms with E-state index in [0.717, 1.165) is 0 Å². The minimum Gasteiger partial charge on any atom is -0.507 e. The molecule has 2 aliphatic heterocycles. The molecule has 1 unspecified atom stereocenters. The Hall–Kier alpha value is -5.06. The molecular weight excluding hydrogens is 484 g/mol. The monoisotopic (exact) mass is 504 g/mol. The number of aliphatic hydroxyl groups is 1. The van der Waals surface area contributed by atoms with Crippen LogP contribution in [0.4, 0.5) is 11.4 Å². The van der Waals surface area contributed by atoms with Crippen molar-refractivity contribution in [3.05, 3.63) is 87.5 Å². The van der Waals surface area contributed by atoms with Gasteiger partial charge in [-0.05, 0) is 42.0 Å². The van der Waals surface area contributed by atoms with E-state index >= 15 is 0 Å². The molecule has 0 bridgehead atoms. The minimum absolute atomic E-state index is 0.0247. The van der Waals surface area contributed by atoms with Gasteiger partial charge >= 0.3 is 0 Å². The van der Waals surface area contributed by atoms with E-state index in [2.05, 4.69) is 0 Å². The summed E-state index contributed by atoms with van der Waals surface area (Å²) in [6, 6.07) is 13.7. The lowest BCUT2D eigenvalue weighted by atomic mass is 9.94. The van der Waals surface area contributed by atoms with Crippen LogP contribution in [-0.4, -0.2) is 42.7 Å². The average Bonchev–Trinajstić information content (AvgIpc) is 3.49. The number of hydrogen-bond acceptors (Lipinski definition) is 9. The van der Waals surface area contributed by atoms with Gasteiger partial charge in [0.25, 0.3) is 17.4 Å². The fourth-order valence-corrected chi connectivity index (χ4v) is 4.37. The number of ketones is 1. The molecule has 37 heavy (non-hydrogen) atoms. The number of ether oxygens (including phenoxy) is 4. The molecule has 1 amide bonds. The zero-order valence-electron chi connectivity index (χ0n) is 19.7. The molecular formula is C26H20N2O9. The molecule has 1 saturated heterocycles. The minimum atomic E-state index is -1.06. The second-order valence-corrected chi connectivity index (χ2v) is 8.13. The van der Waals surface area contributed by atoms with Gasteiger partial charge in [-0.15, -0.1) is 0 Å². The number of rotatable bonds is 6. The number of amides is 1. The summed E-state index contributed by atoms with van der Waals surface area (Å²) < 4.78 is 21.5. The number of anilines is 1. The normalized spacial score (nSPS) is 17.7. The predicted molar refractivity (Wildman–Crippen MR) is 130 cm³/mol. The quantitative estimate of drug-likeness (QED) is 0.174. The van der Waals surface area contributed by atoms with Crippen molar-refractivity contribution in [1.82, 2.24) is 0 Å². The maximum Gasteiger partial charge on any atom is 0.300 e. The molecule has 0 radical (unpaired) electrons. The molecule has 1 fully saturated rings. The van der Waals surface area contributed by atoms with Gasteiger partial charge in [-0.3, -0.25) is 24.6 Å². The molecule has 188 valence electrons. The molecule has 2 aliphatic rings. The van der Waals surface area contributed by atoms with Crippen molar-refractivity contribution in [2.45, 2.75) is 6.04 Å². The fraction of sp³-hybridized carbons (Fsp3) is 0.154. The van der Waals surface area contributed by atoms with E-state index in [1.54, 1.807) is 36.4 Å². The summed E-state index contributed by atoms with van der Waals surface area (Å²) in [4.78, 5) is 38.4. The van der Waals surface area contributed by atoms with Gasteiger partial charge in [0.2, 0.25) is 6.79 Å². The van der Waals surface area contributed by atoms with Crippen molar-refractivity contribution < 1.29 is 38.6 Å². The van der Waals surface area contributed by atoms with Crippen LogP contribution in [0.3, 0.4) is 0 Å². The number of benzene rings is 3. The fourth-order valence-electron chi connectivity index (χ4n) is 4.37. The highest BCUT2D eigenvalue weighted by Crippen LogP contribution is 2.46. The summed E-state index contributed by atoms with van der Waals surface area (Å²) in [5, 5.41) is 22.3. The van der Waals surface area contributed by atoms with Crippen LogP contribution >= 0.6 is 0 Å². The highest BCUT2D eigenvalue weighted by atomic mass is 16.7. The number of hydrogen-bond donors (Lipinski definition) is 1. The molecule has 1 atom stereocenters. The molecule has 1 N–H and O–H groups in total. The summed E-state index contributed by atoms with van der Waals surface area (Å²) in [5.41, 5.74) is 0.559. The molecule has 0 aliphatic carbocycles. The van der Waals surface area contributed by atoms with Crippen molar-refractivity contribution in [1.29, 1.82) is 0 Å². The second kappa shape index (κ2) is 9.19. The van der Waals surface area contributed by atoms with Gasteiger partial charge in [-0.1, -0.05) is 6.07 Å². The van der Waals surface area contributed by atoms with E-state index in [9.17, 15) is 24.8 Å². The Balaban J connectivity index is 1.70. The molecule has 0 aromatic heterocycles. The van der Waals surface area contributed by atoms with Gasteiger partial charge in [0.15, 0.2) is 23.0 Å². The van der Waals surface area contributed by atoms with Gasteiger partial charge < -0.3 is 24.1 Å². The van der Waals surface area contributed by atoms with E-state index in [0.29, 0.717) is 34.2 Å². The maximum atomic E-state index is 13.4. The molecule has 11 nitrogen and oxygen atoms in total.